The molecule has 0 saturated carbocycles. The molecule has 0 radical (unpaired) electrons. The first-order valence-corrected chi connectivity index (χ1v) is 40.3. The van der Waals surface area contributed by atoms with Gasteiger partial charge in [-0.3, -0.25) is 9.59 Å². The molecular weight excluding hydrogens is 1250 g/mol. The maximum absolute atomic E-state index is 15.5. The fourth-order valence-electron chi connectivity index (χ4n) is 13.2. The van der Waals surface area contributed by atoms with Crippen molar-refractivity contribution in [2.45, 2.75) is 247 Å². The van der Waals surface area contributed by atoms with E-state index in [9.17, 15) is 0 Å². The molecule has 2 aliphatic rings. The number of fused-ring (bicyclic) bond motifs is 1. The number of benzene rings is 2. The average molecular weight is 1360 g/mol. The van der Waals surface area contributed by atoms with Crippen LogP contribution < -0.4 is 9.47 Å². The van der Waals surface area contributed by atoms with Gasteiger partial charge in [0.1, 0.15) is 18.1 Å². The third-order valence-corrected chi connectivity index (χ3v) is 23.3. The van der Waals surface area contributed by atoms with Crippen molar-refractivity contribution in [3.05, 3.63) is 139 Å². The third kappa shape index (κ3) is 24.5. The van der Waals surface area contributed by atoms with E-state index in [1.54, 1.807) is 45.3 Å². The van der Waals surface area contributed by atoms with Gasteiger partial charge < -0.3 is 19.3 Å². The van der Waals surface area contributed by atoms with Gasteiger partial charge in [0, 0.05) is 42.4 Å². The smallest absolute Gasteiger partial charge is 0.261 e. The largest absolute Gasteiger partial charge is 0.493 e. The van der Waals surface area contributed by atoms with E-state index in [2.05, 4.69) is 173 Å². The van der Waals surface area contributed by atoms with Crippen LogP contribution in [0.3, 0.4) is 0 Å². The highest BCUT2D eigenvalue weighted by molar-refractivity contribution is 7.23. The second-order valence-electron chi connectivity index (χ2n) is 26.6. The summed E-state index contributed by atoms with van der Waals surface area (Å²) < 4.78 is 12.9. The van der Waals surface area contributed by atoms with Gasteiger partial charge in [0.25, 0.3) is 11.8 Å². The highest BCUT2D eigenvalue weighted by atomic mass is 32.1. The van der Waals surface area contributed by atoms with Gasteiger partial charge in [-0.05, 0) is 197 Å². The van der Waals surface area contributed by atoms with Crippen LogP contribution in [0.25, 0.3) is 30.9 Å². The molecule has 0 spiro atoms. The van der Waals surface area contributed by atoms with Gasteiger partial charge in [0.2, 0.25) is 0 Å². The second-order valence-corrected chi connectivity index (χ2v) is 31.3. The molecule has 2 atom stereocenters. The van der Waals surface area contributed by atoms with E-state index in [1.807, 2.05) is 9.80 Å². The van der Waals surface area contributed by atoms with Crippen LogP contribution >= 0.6 is 45.3 Å². The summed E-state index contributed by atoms with van der Waals surface area (Å²) in [4.78, 5) is 44.0. The lowest BCUT2D eigenvalue weighted by Crippen LogP contribution is -2.30. The molecule has 6 aromatic rings. The number of nitrogens with zero attached hydrogens (tertiary/aromatic N) is 2. The number of unbranched alkanes of at least 4 members (excludes halogenated alkanes) is 23. The molecule has 6 heterocycles. The van der Waals surface area contributed by atoms with Crippen LogP contribution in [-0.2, 0) is 22.4 Å². The Hall–Kier alpha value is -6.50. The van der Waals surface area contributed by atoms with Gasteiger partial charge in [-0.25, -0.2) is 0 Å². The first-order valence-electron chi connectivity index (χ1n) is 37.0. The molecule has 2 unspecified atom stereocenters. The summed E-state index contributed by atoms with van der Waals surface area (Å²) >= 11 is 6.93. The second kappa shape index (κ2) is 43.0. The van der Waals surface area contributed by atoms with Gasteiger partial charge in [0.15, 0.2) is 0 Å². The van der Waals surface area contributed by atoms with Crippen LogP contribution in [0.1, 0.15) is 250 Å². The predicted octanol–water partition coefficient (Wildman–Crippen LogP) is 24.0. The topological polar surface area (TPSA) is 59.1 Å². The quantitative estimate of drug-likeness (QED) is 0.0282. The number of terminal acetylenes is 1. The highest BCUT2D eigenvalue weighted by Gasteiger charge is 2.49. The summed E-state index contributed by atoms with van der Waals surface area (Å²) in [6, 6.07) is 34.6. The lowest BCUT2D eigenvalue weighted by atomic mass is 9.94. The highest BCUT2D eigenvalue weighted by Crippen LogP contribution is 2.51. The van der Waals surface area contributed by atoms with Crippen molar-refractivity contribution in [2.75, 3.05) is 26.3 Å². The van der Waals surface area contributed by atoms with Crippen LogP contribution in [-0.4, -0.2) is 47.9 Å². The van der Waals surface area contributed by atoms with Crippen LogP contribution in [0, 0.1) is 73.5 Å². The number of thiophene rings is 4. The SMILES string of the molecule is C#CC#CC#CC#CC(CCCCCCCCCC)COc1ccc(CCCCCN2C(=O)C3=C(c4ccc(-c5ccc(C)s5)s4)N(CCCCCc4ccc(OCC(CCCCCCCC)CCCCCCCCCC)cc4)C(=O)C3=C2c2ccc(-c3ccc(C)s3)s2)cc1. The van der Waals surface area contributed by atoms with E-state index >= 15 is 9.59 Å². The standard InChI is InChI=1S/C86H108N2O4S4/c1-7-11-15-19-23-25-29-35-45-71(43-33-27-21-17-13-9-3)65-91-73-53-49-69(50-54-73)41-37-31-39-63-87-83(79-61-59-77(95-79)75-57-47-67(5)93-75)81-82(85(87)89)84(80-62-60-78(96-80)76-58-48-68(6)94-76)88(86(81)90)64-40-32-38-42-70-51-55-74(56-52-70)92-66-72(44-34-28-22-18-14-10-4)46-36-30-26-24-20-16-12-8-2/h3,47-62,71-72H,7-8,10-12,14-16,18-20,22-26,28-32,34-42,44-46,63-66H2,1-2,4-6H3. The molecule has 4 aromatic heterocycles. The molecule has 96 heavy (non-hydrogen) atoms. The number of carbonyl (C=O) groups excluding carboxylic acids is 2. The molecule has 10 heteroatoms. The van der Waals surface area contributed by atoms with Crippen molar-refractivity contribution in [2.24, 2.45) is 11.8 Å². The Bertz CT molecular complexity index is 3620. The summed E-state index contributed by atoms with van der Waals surface area (Å²) in [5.74, 6) is 21.7. The lowest BCUT2D eigenvalue weighted by molar-refractivity contribution is -0.124. The fraction of sp³-hybridized carbons (Fsp3) is 0.512. The van der Waals surface area contributed by atoms with E-state index in [4.69, 9.17) is 15.9 Å². The summed E-state index contributed by atoms with van der Waals surface area (Å²) in [5.41, 5.74) is 5.22. The van der Waals surface area contributed by atoms with Gasteiger partial charge in [0.05, 0.1) is 44.8 Å². The molecule has 0 saturated heterocycles. The maximum atomic E-state index is 15.5. The van der Waals surface area contributed by atoms with E-state index in [0.717, 1.165) is 113 Å². The van der Waals surface area contributed by atoms with E-state index in [-0.39, 0.29) is 17.7 Å². The zero-order valence-electron chi connectivity index (χ0n) is 58.8. The van der Waals surface area contributed by atoms with Crippen molar-refractivity contribution >= 4 is 68.6 Å². The third-order valence-electron chi connectivity index (χ3n) is 18.7. The van der Waals surface area contributed by atoms with Gasteiger partial charge in [-0.1, -0.05) is 205 Å². The minimum Gasteiger partial charge on any atom is -0.493 e. The molecular formula is C86H108N2O4S4. The number of carbonyl (C=O) groups is 2. The Balaban J connectivity index is 0.896. The number of hydrogen-bond acceptors (Lipinski definition) is 8. The summed E-state index contributed by atoms with van der Waals surface area (Å²) in [7, 11) is 0. The first-order chi connectivity index (χ1) is 47.2. The number of ether oxygens (including phenoxy) is 2. The average Bonchev–Trinajstić information content (AvgIpc) is 1.56. The Morgan fingerprint density at radius 2 is 0.750 bits per heavy atom. The van der Waals surface area contributed by atoms with Crippen LogP contribution in [0.2, 0.25) is 0 Å². The van der Waals surface area contributed by atoms with Crippen molar-refractivity contribution in [3.63, 3.8) is 0 Å². The van der Waals surface area contributed by atoms with Gasteiger partial charge in [-0.2, -0.15) is 0 Å². The first kappa shape index (κ1) is 75.3. The molecule has 510 valence electrons. The van der Waals surface area contributed by atoms with Gasteiger partial charge in [-0.15, -0.1) is 51.8 Å². The van der Waals surface area contributed by atoms with Crippen molar-refractivity contribution in [1.82, 2.24) is 9.80 Å². The molecule has 6 nitrogen and oxygen atoms in total. The summed E-state index contributed by atoms with van der Waals surface area (Å²) in [6.45, 7) is 13.5. The number of amides is 2. The molecule has 2 aromatic carbocycles. The predicted molar refractivity (Wildman–Crippen MR) is 413 cm³/mol. The summed E-state index contributed by atoms with van der Waals surface area (Å²) in [5, 5.41) is 0. The normalized spacial score (nSPS) is 13.3. The Labute approximate surface area is 595 Å². The number of aryl methyl sites for hydroxylation is 4. The molecule has 2 amide bonds. The van der Waals surface area contributed by atoms with Crippen LogP contribution in [0.15, 0.2) is 108 Å². The molecule has 8 rings (SSSR count). The van der Waals surface area contributed by atoms with E-state index in [0.29, 0.717) is 36.8 Å². The zero-order chi connectivity index (χ0) is 67.4. The van der Waals surface area contributed by atoms with E-state index in [1.165, 1.54) is 178 Å². The number of hydrogen-bond donors (Lipinski definition) is 0. The van der Waals surface area contributed by atoms with Crippen LogP contribution in [0.5, 0.6) is 11.5 Å². The lowest BCUT2D eigenvalue weighted by Gasteiger charge is -2.24. The molecule has 0 aliphatic carbocycles. The van der Waals surface area contributed by atoms with Crippen molar-refractivity contribution < 1.29 is 19.1 Å². The van der Waals surface area contributed by atoms with Crippen LogP contribution in [0.4, 0.5) is 0 Å². The summed E-state index contributed by atoms with van der Waals surface area (Å²) in [6.07, 6.45) is 45.2. The fourth-order valence-corrected chi connectivity index (χ4v) is 17.3. The minimum atomic E-state index is -0.0668. The zero-order valence-corrected chi connectivity index (χ0v) is 62.1. The minimum absolute atomic E-state index is 0.0618. The molecule has 2 aliphatic heterocycles. The van der Waals surface area contributed by atoms with E-state index < -0.39 is 0 Å². The molecule has 0 bridgehead atoms. The Morgan fingerprint density at radius 3 is 1.18 bits per heavy atom. The maximum Gasteiger partial charge on any atom is 0.261 e. The Kier molecular flexibility index (Phi) is 33.7. The van der Waals surface area contributed by atoms with Crippen molar-refractivity contribution in [1.29, 1.82) is 0 Å². The van der Waals surface area contributed by atoms with Gasteiger partial charge >= 0.3 is 0 Å². The Morgan fingerprint density at radius 1 is 0.385 bits per heavy atom. The number of rotatable bonds is 47. The van der Waals surface area contributed by atoms with Crippen molar-refractivity contribution in [3.8, 4) is 78.9 Å². The molecule has 0 fully saturated rings. The molecule has 0 N–H and O–H groups in total. The monoisotopic (exact) mass is 1360 g/mol.